The van der Waals surface area contributed by atoms with E-state index in [-0.39, 0.29) is 30.2 Å². The Balaban J connectivity index is 1.40. The van der Waals surface area contributed by atoms with E-state index in [0.717, 1.165) is 17.1 Å². The molecule has 3 aromatic rings. The smallest absolute Gasteiger partial charge is 0.286 e. The van der Waals surface area contributed by atoms with Crippen LogP contribution in [0.2, 0.25) is 0 Å². The molecular formula is C19H19FN4O4S. The second-order valence-electron chi connectivity index (χ2n) is 6.21. The van der Waals surface area contributed by atoms with Gasteiger partial charge in [-0.05, 0) is 37.3 Å². The molecule has 1 atom stereocenters. The van der Waals surface area contributed by atoms with Gasteiger partial charge >= 0.3 is 0 Å². The summed E-state index contributed by atoms with van der Waals surface area (Å²) in [7, 11) is 0. The fraction of sp³-hybridized carbons (Fsp3) is 0.263. The number of halogens is 1. The van der Waals surface area contributed by atoms with Gasteiger partial charge in [0.15, 0.2) is 0 Å². The zero-order chi connectivity index (χ0) is 20.6. The van der Waals surface area contributed by atoms with Gasteiger partial charge in [-0.2, -0.15) is 0 Å². The maximum absolute atomic E-state index is 13.2. The molecule has 29 heavy (non-hydrogen) atoms. The van der Waals surface area contributed by atoms with Crippen LogP contribution in [0.1, 0.15) is 27.5 Å². The van der Waals surface area contributed by atoms with Crippen molar-refractivity contribution in [3.05, 3.63) is 64.3 Å². The lowest BCUT2D eigenvalue weighted by molar-refractivity contribution is -0.126. The molecule has 0 radical (unpaired) electrons. The largest absolute Gasteiger partial charge is 0.469 e. The van der Waals surface area contributed by atoms with E-state index in [9.17, 15) is 14.0 Å². The monoisotopic (exact) mass is 418 g/mol. The van der Waals surface area contributed by atoms with Gasteiger partial charge < -0.3 is 19.8 Å². The number of amides is 2. The molecule has 2 N–H and O–H groups in total. The van der Waals surface area contributed by atoms with Crippen molar-refractivity contribution >= 4 is 28.8 Å². The van der Waals surface area contributed by atoms with E-state index in [1.54, 1.807) is 18.4 Å². The SMILES string of the molecule is C[C@H](Cc1ccco1)NC(=O)COCc1nnc(C(=O)Nc2cccc(F)c2)s1. The summed E-state index contributed by atoms with van der Waals surface area (Å²) in [6.07, 6.45) is 2.17. The Morgan fingerprint density at radius 3 is 2.90 bits per heavy atom. The number of nitrogens with zero attached hydrogens (tertiary/aromatic N) is 2. The Hall–Kier alpha value is -3.11. The number of furan rings is 1. The molecule has 0 aliphatic heterocycles. The normalized spacial score (nSPS) is 11.8. The minimum atomic E-state index is -0.496. The van der Waals surface area contributed by atoms with Crippen LogP contribution in [0.15, 0.2) is 47.1 Å². The highest BCUT2D eigenvalue weighted by molar-refractivity contribution is 7.13. The molecule has 10 heteroatoms. The van der Waals surface area contributed by atoms with E-state index in [2.05, 4.69) is 20.8 Å². The number of hydrogen-bond acceptors (Lipinski definition) is 7. The molecule has 0 bridgehead atoms. The average Bonchev–Trinajstić information content (AvgIpc) is 3.33. The number of rotatable bonds is 9. The van der Waals surface area contributed by atoms with Crippen molar-refractivity contribution < 1.29 is 23.1 Å². The van der Waals surface area contributed by atoms with Crippen LogP contribution < -0.4 is 10.6 Å². The molecule has 0 saturated carbocycles. The predicted molar refractivity (Wildman–Crippen MR) is 104 cm³/mol. The molecular weight excluding hydrogens is 399 g/mol. The second kappa shape index (κ2) is 9.89. The maximum atomic E-state index is 13.2. The van der Waals surface area contributed by atoms with Gasteiger partial charge in [0.2, 0.25) is 10.9 Å². The summed E-state index contributed by atoms with van der Waals surface area (Å²) < 4.78 is 23.7. The van der Waals surface area contributed by atoms with Crippen molar-refractivity contribution in [2.75, 3.05) is 11.9 Å². The van der Waals surface area contributed by atoms with Crippen molar-refractivity contribution in [3.8, 4) is 0 Å². The molecule has 0 aliphatic carbocycles. The summed E-state index contributed by atoms with van der Waals surface area (Å²) in [5.41, 5.74) is 0.323. The van der Waals surface area contributed by atoms with Gasteiger partial charge in [0.1, 0.15) is 29.8 Å². The van der Waals surface area contributed by atoms with Gasteiger partial charge in [-0.3, -0.25) is 9.59 Å². The highest BCUT2D eigenvalue weighted by Crippen LogP contribution is 2.15. The first-order valence-electron chi connectivity index (χ1n) is 8.78. The molecule has 1 aromatic carbocycles. The van der Waals surface area contributed by atoms with Crippen LogP contribution in [-0.4, -0.2) is 34.7 Å². The molecule has 2 amide bonds. The summed E-state index contributed by atoms with van der Waals surface area (Å²) in [6.45, 7) is 1.77. The Bertz CT molecular complexity index is 961. The zero-order valence-corrected chi connectivity index (χ0v) is 16.4. The summed E-state index contributed by atoms with van der Waals surface area (Å²) in [6, 6.07) is 9.08. The Morgan fingerprint density at radius 1 is 1.28 bits per heavy atom. The van der Waals surface area contributed by atoms with Crippen LogP contribution >= 0.6 is 11.3 Å². The second-order valence-corrected chi connectivity index (χ2v) is 7.27. The highest BCUT2D eigenvalue weighted by Gasteiger charge is 2.14. The summed E-state index contributed by atoms with van der Waals surface area (Å²) >= 11 is 1.04. The zero-order valence-electron chi connectivity index (χ0n) is 15.6. The molecule has 152 valence electrons. The molecule has 0 spiro atoms. The maximum Gasteiger partial charge on any atom is 0.286 e. The topological polar surface area (TPSA) is 106 Å². The Labute approximate surface area is 170 Å². The van der Waals surface area contributed by atoms with Crippen LogP contribution in [0.4, 0.5) is 10.1 Å². The van der Waals surface area contributed by atoms with Crippen molar-refractivity contribution in [1.29, 1.82) is 0 Å². The van der Waals surface area contributed by atoms with Gasteiger partial charge in [0.05, 0.1) is 6.26 Å². The number of ether oxygens (including phenoxy) is 1. The summed E-state index contributed by atoms with van der Waals surface area (Å²) in [4.78, 5) is 24.1. The molecule has 0 saturated heterocycles. The highest BCUT2D eigenvalue weighted by atomic mass is 32.1. The van der Waals surface area contributed by atoms with Gasteiger partial charge in [0, 0.05) is 18.2 Å². The molecule has 2 heterocycles. The molecule has 8 nitrogen and oxygen atoms in total. The third-order valence-corrected chi connectivity index (χ3v) is 4.59. The van der Waals surface area contributed by atoms with Crippen LogP contribution in [0.3, 0.4) is 0 Å². The van der Waals surface area contributed by atoms with Crippen molar-refractivity contribution in [2.24, 2.45) is 0 Å². The van der Waals surface area contributed by atoms with Gasteiger partial charge in [0.25, 0.3) is 5.91 Å². The van der Waals surface area contributed by atoms with E-state index in [4.69, 9.17) is 9.15 Å². The van der Waals surface area contributed by atoms with Gasteiger partial charge in [-0.15, -0.1) is 10.2 Å². The third kappa shape index (κ3) is 6.47. The van der Waals surface area contributed by atoms with Crippen molar-refractivity contribution in [3.63, 3.8) is 0 Å². The molecule has 2 aromatic heterocycles. The number of hydrogen-bond donors (Lipinski definition) is 2. The van der Waals surface area contributed by atoms with E-state index < -0.39 is 11.7 Å². The number of carbonyl (C=O) groups excluding carboxylic acids is 2. The molecule has 3 rings (SSSR count). The number of benzene rings is 1. The number of nitrogens with one attached hydrogen (secondary N) is 2. The lowest BCUT2D eigenvalue weighted by Gasteiger charge is -2.12. The average molecular weight is 418 g/mol. The van der Waals surface area contributed by atoms with Crippen LogP contribution in [0.25, 0.3) is 0 Å². The predicted octanol–water partition coefficient (Wildman–Crippen LogP) is 2.79. The minimum Gasteiger partial charge on any atom is -0.469 e. The first kappa shape index (κ1) is 20.6. The summed E-state index contributed by atoms with van der Waals surface area (Å²) in [5, 5.41) is 13.6. The van der Waals surface area contributed by atoms with E-state index >= 15 is 0 Å². The lowest BCUT2D eigenvalue weighted by Crippen LogP contribution is -2.36. The number of carbonyl (C=O) groups is 2. The Morgan fingerprint density at radius 2 is 2.14 bits per heavy atom. The quantitative estimate of drug-likeness (QED) is 0.553. The van der Waals surface area contributed by atoms with Crippen LogP contribution in [0.5, 0.6) is 0 Å². The molecule has 0 aliphatic rings. The number of anilines is 1. The van der Waals surface area contributed by atoms with Crippen molar-refractivity contribution in [2.45, 2.75) is 26.0 Å². The third-order valence-electron chi connectivity index (χ3n) is 3.70. The fourth-order valence-electron chi connectivity index (χ4n) is 2.48. The van der Waals surface area contributed by atoms with Crippen LogP contribution in [-0.2, 0) is 22.6 Å². The van der Waals surface area contributed by atoms with E-state index in [0.29, 0.717) is 17.1 Å². The summed E-state index contributed by atoms with van der Waals surface area (Å²) in [5.74, 6) is -0.427. The fourth-order valence-corrected chi connectivity index (χ4v) is 3.16. The molecule has 0 fully saturated rings. The van der Waals surface area contributed by atoms with Crippen LogP contribution in [0, 0.1) is 5.82 Å². The lowest BCUT2D eigenvalue weighted by atomic mass is 10.2. The van der Waals surface area contributed by atoms with Gasteiger partial charge in [-0.25, -0.2) is 4.39 Å². The Kier molecular flexibility index (Phi) is 7.04. The first-order chi connectivity index (χ1) is 14.0. The molecule has 0 unspecified atom stereocenters. The van der Waals surface area contributed by atoms with E-state index in [1.165, 1.54) is 18.2 Å². The van der Waals surface area contributed by atoms with Crippen molar-refractivity contribution in [1.82, 2.24) is 15.5 Å². The number of aromatic nitrogens is 2. The standard InChI is InChI=1S/C19H19FN4O4S/c1-12(8-15-6-3-7-28-15)21-16(25)10-27-11-17-23-24-19(29-17)18(26)22-14-5-2-4-13(20)9-14/h2-7,9,12H,8,10-11H2,1H3,(H,21,25)(H,22,26)/t12-/m1/s1. The minimum absolute atomic E-state index is 0.0465. The van der Waals surface area contributed by atoms with Gasteiger partial charge in [-0.1, -0.05) is 17.4 Å². The van der Waals surface area contributed by atoms with E-state index in [1.807, 2.05) is 13.0 Å². The first-order valence-corrected chi connectivity index (χ1v) is 9.60.